The van der Waals surface area contributed by atoms with Crippen LogP contribution in [0.2, 0.25) is 0 Å². The monoisotopic (exact) mass is 312 g/mol. The molecule has 2 unspecified atom stereocenters. The Bertz CT molecular complexity index is 485. The average Bonchev–Trinajstić information content (AvgIpc) is 2.95. The largest absolute Gasteiger partial charge is 0.497 e. The Kier molecular flexibility index (Phi) is 4.57. The Balaban J connectivity index is 1.73. The van der Waals surface area contributed by atoms with Crippen LogP contribution in [0.3, 0.4) is 0 Å². The molecule has 4 nitrogen and oxygen atoms in total. The van der Waals surface area contributed by atoms with Crippen LogP contribution < -0.4 is 9.47 Å². The maximum atomic E-state index is 6.21. The molecule has 1 aromatic carbocycles. The van der Waals surface area contributed by atoms with Gasteiger partial charge in [0.25, 0.3) is 0 Å². The predicted octanol–water partition coefficient (Wildman–Crippen LogP) is 3.15. The molecule has 0 amide bonds. The lowest BCUT2D eigenvalue weighted by atomic mass is 9.91. The second-order valence-corrected chi connectivity index (χ2v) is 5.94. The maximum Gasteiger partial charge on any atom is 0.127 e. The molecule has 1 aromatic rings. The molecule has 2 atom stereocenters. The van der Waals surface area contributed by atoms with Crippen molar-refractivity contribution in [3.05, 3.63) is 23.8 Å². The molecule has 21 heavy (non-hydrogen) atoms. The van der Waals surface area contributed by atoms with Crippen molar-refractivity contribution in [1.29, 1.82) is 0 Å². The van der Waals surface area contributed by atoms with Crippen molar-refractivity contribution in [3.8, 4) is 11.5 Å². The lowest BCUT2D eigenvalue weighted by Gasteiger charge is -2.37. The summed E-state index contributed by atoms with van der Waals surface area (Å²) < 4.78 is 22.9. The number of benzene rings is 1. The summed E-state index contributed by atoms with van der Waals surface area (Å²) in [5, 5.41) is 0. The van der Waals surface area contributed by atoms with E-state index in [1.807, 2.05) is 18.2 Å². The van der Waals surface area contributed by atoms with Gasteiger partial charge in [0.05, 0.1) is 31.8 Å². The first-order valence-corrected chi connectivity index (χ1v) is 7.89. The topological polar surface area (TPSA) is 36.9 Å². The van der Waals surface area contributed by atoms with Crippen molar-refractivity contribution in [1.82, 2.24) is 0 Å². The van der Waals surface area contributed by atoms with Gasteiger partial charge in [-0.15, -0.1) is 11.6 Å². The zero-order chi connectivity index (χ0) is 14.7. The highest BCUT2D eigenvalue weighted by Crippen LogP contribution is 2.36. The molecule has 116 valence electrons. The van der Waals surface area contributed by atoms with Gasteiger partial charge in [0.1, 0.15) is 17.6 Å². The predicted molar refractivity (Wildman–Crippen MR) is 80.3 cm³/mol. The van der Waals surface area contributed by atoms with Crippen molar-refractivity contribution < 1.29 is 18.9 Å². The van der Waals surface area contributed by atoms with Crippen molar-refractivity contribution in [3.63, 3.8) is 0 Å². The van der Waals surface area contributed by atoms with Gasteiger partial charge < -0.3 is 18.9 Å². The molecule has 0 aromatic heterocycles. The van der Waals surface area contributed by atoms with Gasteiger partial charge in [0.2, 0.25) is 0 Å². The number of alkyl halides is 1. The Hall–Kier alpha value is -0.970. The van der Waals surface area contributed by atoms with Gasteiger partial charge in [-0.05, 0) is 6.07 Å². The second kappa shape index (κ2) is 6.42. The van der Waals surface area contributed by atoms with Gasteiger partial charge in [-0.1, -0.05) is 6.07 Å². The molecule has 5 heteroatoms. The Labute approximate surface area is 130 Å². The number of hydrogen-bond donors (Lipinski definition) is 0. The van der Waals surface area contributed by atoms with E-state index in [0.29, 0.717) is 19.1 Å². The van der Waals surface area contributed by atoms with Crippen LogP contribution in [0.4, 0.5) is 0 Å². The van der Waals surface area contributed by atoms with Crippen molar-refractivity contribution in [2.24, 2.45) is 0 Å². The van der Waals surface area contributed by atoms with Crippen LogP contribution in [-0.4, -0.2) is 38.6 Å². The first kappa shape index (κ1) is 14.9. The fourth-order valence-corrected chi connectivity index (χ4v) is 3.23. The number of hydrogen-bond acceptors (Lipinski definition) is 4. The van der Waals surface area contributed by atoms with E-state index >= 15 is 0 Å². The van der Waals surface area contributed by atoms with E-state index in [1.54, 1.807) is 7.11 Å². The first-order chi connectivity index (χ1) is 10.2. The van der Waals surface area contributed by atoms with E-state index in [-0.39, 0.29) is 11.7 Å². The summed E-state index contributed by atoms with van der Waals surface area (Å²) in [5.41, 5.74) is 0.837. The van der Waals surface area contributed by atoms with Gasteiger partial charge >= 0.3 is 0 Å². The third-order valence-corrected chi connectivity index (χ3v) is 4.51. The average molecular weight is 313 g/mol. The van der Waals surface area contributed by atoms with Crippen molar-refractivity contribution in [2.75, 3.05) is 26.9 Å². The van der Waals surface area contributed by atoms with Gasteiger partial charge in [-0.3, -0.25) is 0 Å². The Morgan fingerprint density at radius 3 is 3.00 bits per heavy atom. The maximum absolute atomic E-state index is 6.21. The molecule has 2 fully saturated rings. The molecule has 3 rings (SSSR count). The molecule has 0 N–H and O–H groups in total. The molecule has 0 saturated carbocycles. The van der Waals surface area contributed by atoms with Crippen molar-refractivity contribution in [2.45, 2.75) is 36.8 Å². The Morgan fingerprint density at radius 2 is 2.29 bits per heavy atom. The summed E-state index contributed by atoms with van der Waals surface area (Å²) in [7, 11) is 1.65. The molecule has 2 aliphatic rings. The van der Waals surface area contributed by atoms with Crippen LogP contribution in [0.1, 0.15) is 24.8 Å². The number of ether oxygens (including phenoxy) is 4. The fourth-order valence-electron chi connectivity index (χ4n) is 3.01. The third kappa shape index (κ3) is 3.28. The molecule has 2 aliphatic heterocycles. The highest BCUT2D eigenvalue weighted by Gasteiger charge is 2.41. The molecule has 0 radical (unpaired) electrons. The minimum atomic E-state index is -0.150. The van der Waals surface area contributed by atoms with E-state index < -0.39 is 0 Å². The van der Waals surface area contributed by atoms with Crippen molar-refractivity contribution >= 4 is 11.6 Å². The summed E-state index contributed by atoms with van der Waals surface area (Å²) in [6, 6.07) is 5.76. The second-order valence-electron chi connectivity index (χ2n) is 5.67. The molecular weight excluding hydrogens is 292 g/mol. The van der Waals surface area contributed by atoms with E-state index in [1.165, 1.54) is 0 Å². The molecule has 0 bridgehead atoms. The zero-order valence-corrected chi connectivity index (χ0v) is 13.0. The molecule has 1 spiro atoms. The Morgan fingerprint density at radius 1 is 1.38 bits per heavy atom. The molecule has 2 saturated heterocycles. The van der Waals surface area contributed by atoms with Gasteiger partial charge in [0.15, 0.2) is 0 Å². The zero-order valence-electron chi connectivity index (χ0n) is 12.3. The van der Waals surface area contributed by atoms with E-state index in [9.17, 15) is 0 Å². The van der Waals surface area contributed by atoms with Crippen LogP contribution in [0.5, 0.6) is 11.5 Å². The quantitative estimate of drug-likeness (QED) is 0.800. The van der Waals surface area contributed by atoms with Gasteiger partial charge in [-0.2, -0.15) is 0 Å². The van der Waals surface area contributed by atoms with E-state index in [2.05, 4.69) is 0 Å². The molecule has 0 aliphatic carbocycles. The smallest absolute Gasteiger partial charge is 0.127 e. The third-order valence-electron chi connectivity index (χ3n) is 4.23. The summed E-state index contributed by atoms with van der Waals surface area (Å²) in [6.07, 6.45) is 2.84. The first-order valence-electron chi connectivity index (χ1n) is 7.36. The van der Waals surface area contributed by atoms with Crippen LogP contribution >= 0.6 is 11.6 Å². The lowest BCUT2D eigenvalue weighted by molar-refractivity contribution is -0.112. The van der Waals surface area contributed by atoms with E-state index in [0.717, 1.165) is 42.9 Å². The fraction of sp³-hybridized carbons (Fsp3) is 0.625. The highest BCUT2D eigenvalue weighted by molar-refractivity contribution is 6.17. The van der Waals surface area contributed by atoms with Crippen LogP contribution in [0.15, 0.2) is 18.2 Å². The number of halogens is 1. The minimum Gasteiger partial charge on any atom is -0.497 e. The number of methoxy groups -OCH3 is 1. The summed E-state index contributed by atoms with van der Waals surface area (Å²) in [5.74, 6) is 2.02. The standard InChI is InChI=1S/C16H21ClO4/c1-18-13-3-2-12(10-17)15(8-13)21-14-4-6-20-16(9-14)5-7-19-11-16/h2-3,8,14H,4-7,9-11H2,1H3. The van der Waals surface area contributed by atoms with Crippen LogP contribution in [0, 0.1) is 0 Å². The SMILES string of the molecule is COc1ccc(CCl)c(OC2CCOC3(CCOC3)C2)c1. The van der Waals surface area contributed by atoms with Gasteiger partial charge in [0, 0.05) is 37.5 Å². The van der Waals surface area contributed by atoms with Crippen LogP contribution in [-0.2, 0) is 15.4 Å². The summed E-state index contributed by atoms with van der Waals surface area (Å²) >= 11 is 6.00. The highest BCUT2D eigenvalue weighted by atomic mass is 35.5. The lowest BCUT2D eigenvalue weighted by Crippen LogP contribution is -2.44. The normalized spacial score (nSPS) is 28.8. The summed E-state index contributed by atoms with van der Waals surface area (Å²) in [6.45, 7) is 2.17. The summed E-state index contributed by atoms with van der Waals surface area (Å²) in [4.78, 5) is 0. The molecular formula is C16H21ClO4. The van der Waals surface area contributed by atoms with Crippen LogP contribution in [0.25, 0.3) is 0 Å². The molecule has 2 heterocycles. The van der Waals surface area contributed by atoms with Gasteiger partial charge in [-0.25, -0.2) is 0 Å². The van der Waals surface area contributed by atoms with E-state index in [4.69, 9.17) is 30.5 Å². The number of rotatable bonds is 4. The minimum absolute atomic E-state index is 0.134.